The van der Waals surface area contributed by atoms with Gasteiger partial charge in [0.1, 0.15) is 0 Å². The Labute approximate surface area is 143 Å². The molecule has 1 saturated carbocycles. The lowest BCUT2D eigenvalue weighted by Gasteiger charge is -2.59. The van der Waals surface area contributed by atoms with Crippen molar-refractivity contribution in [1.29, 1.82) is 0 Å². The van der Waals surface area contributed by atoms with E-state index in [1.165, 1.54) is 11.1 Å². The molecule has 4 nitrogen and oxygen atoms in total. The number of hydrogen-bond donors (Lipinski definition) is 0. The Hall–Kier alpha value is -1.55. The summed E-state index contributed by atoms with van der Waals surface area (Å²) in [6.45, 7) is 5.22. The van der Waals surface area contributed by atoms with Crippen molar-refractivity contribution in [3.8, 4) is 11.5 Å². The Kier molecular flexibility index (Phi) is 2.67. The molecule has 24 heavy (non-hydrogen) atoms. The van der Waals surface area contributed by atoms with Gasteiger partial charge in [-0.25, -0.2) is 0 Å². The van der Waals surface area contributed by atoms with E-state index in [4.69, 9.17) is 9.47 Å². The van der Waals surface area contributed by atoms with Gasteiger partial charge < -0.3 is 14.4 Å². The van der Waals surface area contributed by atoms with E-state index in [0.717, 1.165) is 37.3 Å². The zero-order valence-corrected chi connectivity index (χ0v) is 14.9. The van der Waals surface area contributed by atoms with Crippen molar-refractivity contribution in [3.63, 3.8) is 0 Å². The van der Waals surface area contributed by atoms with Crippen LogP contribution >= 0.6 is 0 Å². The molecule has 2 aliphatic carbocycles. The predicted molar refractivity (Wildman–Crippen MR) is 90.7 cm³/mol. The van der Waals surface area contributed by atoms with Crippen LogP contribution in [0.25, 0.3) is 0 Å². The first-order chi connectivity index (χ1) is 11.4. The highest BCUT2D eigenvalue weighted by atomic mass is 16.5. The molecule has 2 bridgehead atoms. The number of carbonyl (C=O) groups excluding carboxylic acids is 1. The molecule has 1 aromatic rings. The van der Waals surface area contributed by atoms with Gasteiger partial charge in [0.15, 0.2) is 23.4 Å². The number of likely N-dealkylation sites (tertiary alicyclic amines) is 1. The molecule has 1 aromatic carbocycles. The highest BCUT2D eigenvalue weighted by molar-refractivity contribution is 5.93. The van der Waals surface area contributed by atoms with E-state index in [1.54, 1.807) is 7.11 Å². The van der Waals surface area contributed by atoms with Gasteiger partial charge in [-0.2, -0.15) is 0 Å². The molecule has 1 saturated heterocycles. The highest BCUT2D eigenvalue weighted by Crippen LogP contribution is 2.65. The monoisotopic (exact) mass is 327 g/mol. The molecule has 5 rings (SSSR count). The number of likely N-dealkylation sites (N-methyl/N-ethyl adjacent to an activating group) is 1. The molecule has 1 unspecified atom stereocenters. The summed E-state index contributed by atoms with van der Waals surface area (Å²) in [6.07, 6.45) is 2.67. The summed E-state index contributed by atoms with van der Waals surface area (Å²) in [5, 5.41) is 0. The summed E-state index contributed by atoms with van der Waals surface area (Å²) < 4.78 is 12.0. The van der Waals surface area contributed by atoms with Crippen molar-refractivity contribution < 1.29 is 14.3 Å². The van der Waals surface area contributed by atoms with E-state index in [2.05, 4.69) is 31.9 Å². The van der Waals surface area contributed by atoms with Gasteiger partial charge in [-0.3, -0.25) is 4.79 Å². The largest absolute Gasteiger partial charge is 0.493 e. The number of carbonyl (C=O) groups is 1. The van der Waals surface area contributed by atoms with Crippen molar-refractivity contribution in [1.82, 2.24) is 4.90 Å². The number of benzene rings is 1. The number of Topliss-reactive ketones (excluding diaryl/α,β-unsaturated/α-hetero) is 1. The fourth-order valence-corrected chi connectivity index (χ4v) is 6.05. The van der Waals surface area contributed by atoms with E-state index in [9.17, 15) is 4.79 Å². The van der Waals surface area contributed by atoms with Gasteiger partial charge in [0.05, 0.1) is 7.11 Å². The fraction of sp³-hybridized carbons (Fsp3) is 0.650. The van der Waals surface area contributed by atoms with Gasteiger partial charge in [0.25, 0.3) is 0 Å². The first-order valence-corrected chi connectivity index (χ1v) is 9.02. The molecule has 0 amide bonds. The molecule has 2 heterocycles. The first-order valence-electron chi connectivity index (χ1n) is 9.02. The maximum absolute atomic E-state index is 13.3. The number of methoxy groups -OCH3 is 1. The van der Waals surface area contributed by atoms with E-state index < -0.39 is 0 Å². The SMILES string of the molecule is COc1ccc2c3c1OC1C(=O)C(C)(C)C[C@H]4[C@@H](C2)N(C)CC[C@]314. The second-order valence-corrected chi connectivity index (χ2v) is 8.73. The van der Waals surface area contributed by atoms with Gasteiger partial charge in [0.2, 0.25) is 0 Å². The molecule has 0 aromatic heterocycles. The summed E-state index contributed by atoms with van der Waals surface area (Å²) in [5.74, 6) is 2.38. The number of ketones is 1. The summed E-state index contributed by atoms with van der Waals surface area (Å²) in [6, 6.07) is 4.70. The Balaban J connectivity index is 1.81. The molecule has 4 atom stereocenters. The van der Waals surface area contributed by atoms with Crippen LogP contribution in [-0.2, 0) is 16.6 Å². The van der Waals surface area contributed by atoms with Crippen molar-refractivity contribution in [2.75, 3.05) is 20.7 Å². The zero-order valence-electron chi connectivity index (χ0n) is 14.9. The quantitative estimate of drug-likeness (QED) is 0.795. The van der Waals surface area contributed by atoms with Crippen LogP contribution in [0.2, 0.25) is 0 Å². The average molecular weight is 327 g/mol. The third-order valence-electron chi connectivity index (χ3n) is 7.23. The first kappa shape index (κ1) is 14.8. The third kappa shape index (κ3) is 1.47. The predicted octanol–water partition coefficient (Wildman–Crippen LogP) is 2.57. The van der Waals surface area contributed by atoms with Crippen molar-refractivity contribution in [2.45, 2.75) is 50.7 Å². The third-order valence-corrected chi connectivity index (χ3v) is 7.23. The second kappa shape index (κ2) is 4.34. The van der Waals surface area contributed by atoms with Gasteiger partial charge in [-0.05, 0) is 50.4 Å². The number of ether oxygens (including phenoxy) is 2. The molecule has 4 aliphatic rings. The number of rotatable bonds is 1. The number of nitrogens with zero attached hydrogens (tertiary/aromatic N) is 1. The van der Waals surface area contributed by atoms with E-state index in [-0.39, 0.29) is 22.7 Å². The Morgan fingerprint density at radius 2 is 2.12 bits per heavy atom. The topological polar surface area (TPSA) is 38.8 Å². The standard InChI is InChI=1S/C20H25NO3/c1-19(2)10-12-13-9-11-5-6-14(23-4)16-15(11)20(12,7-8-21(13)3)18(24-16)17(19)22/h5-6,12-13,18H,7-10H2,1-4H3/t12-,13+,18?,20-/m0/s1. The fourth-order valence-electron chi connectivity index (χ4n) is 6.05. The van der Waals surface area contributed by atoms with Gasteiger partial charge in [0, 0.05) is 22.4 Å². The van der Waals surface area contributed by atoms with Crippen LogP contribution in [0, 0.1) is 11.3 Å². The molecule has 128 valence electrons. The minimum atomic E-state index is -0.340. The highest BCUT2D eigenvalue weighted by Gasteiger charge is 2.68. The van der Waals surface area contributed by atoms with Crippen LogP contribution in [0.4, 0.5) is 0 Å². The maximum atomic E-state index is 13.3. The zero-order chi connectivity index (χ0) is 16.9. The Bertz CT molecular complexity index is 755. The summed E-state index contributed by atoms with van der Waals surface area (Å²) in [7, 11) is 3.92. The van der Waals surface area contributed by atoms with Gasteiger partial charge >= 0.3 is 0 Å². The molecule has 1 spiro atoms. The van der Waals surface area contributed by atoms with Crippen LogP contribution in [0.3, 0.4) is 0 Å². The normalized spacial score (nSPS) is 38.5. The van der Waals surface area contributed by atoms with E-state index in [0.29, 0.717) is 12.0 Å². The summed E-state index contributed by atoms with van der Waals surface area (Å²) in [4.78, 5) is 15.8. The molecule has 2 fully saturated rings. The Morgan fingerprint density at radius 3 is 2.88 bits per heavy atom. The van der Waals surface area contributed by atoms with E-state index >= 15 is 0 Å². The van der Waals surface area contributed by atoms with Crippen LogP contribution in [0.5, 0.6) is 11.5 Å². The summed E-state index contributed by atoms with van der Waals surface area (Å²) in [5.41, 5.74) is 2.20. The van der Waals surface area contributed by atoms with Gasteiger partial charge in [-0.15, -0.1) is 0 Å². The molecule has 4 heteroatoms. The molecule has 2 aliphatic heterocycles. The van der Waals surface area contributed by atoms with Crippen LogP contribution in [-0.4, -0.2) is 43.5 Å². The van der Waals surface area contributed by atoms with Crippen LogP contribution in [0.1, 0.15) is 37.8 Å². The Morgan fingerprint density at radius 1 is 1.33 bits per heavy atom. The molecule has 0 N–H and O–H groups in total. The minimum absolute atomic E-state index is 0.138. The van der Waals surface area contributed by atoms with Crippen molar-refractivity contribution >= 4 is 5.78 Å². The van der Waals surface area contributed by atoms with Crippen LogP contribution < -0.4 is 9.47 Å². The minimum Gasteiger partial charge on any atom is -0.493 e. The lowest BCUT2D eigenvalue weighted by atomic mass is 9.48. The van der Waals surface area contributed by atoms with Crippen LogP contribution in [0.15, 0.2) is 12.1 Å². The van der Waals surface area contributed by atoms with Gasteiger partial charge in [-0.1, -0.05) is 19.9 Å². The molecular formula is C20H25NO3. The number of hydrogen-bond acceptors (Lipinski definition) is 4. The average Bonchev–Trinajstić information content (AvgIpc) is 2.89. The maximum Gasteiger partial charge on any atom is 0.179 e. The molecule has 0 radical (unpaired) electrons. The van der Waals surface area contributed by atoms with Crippen molar-refractivity contribution in [3.05, 3.63) is 23.3 Å². The lowest BCUT2D eigenvalue weighted by molar-refractivity contribution is -0.152. The number of piperidine rings is 1. The smallest absolute Gasteiger partial charge is 0.179 e. The van der Waals surface area contributed by atoms with Crippen molar-refractivity contribution in [2.24, 2.45) is 11.3 Å². The lowest BCUT2D eigenvalue weighted by Crippen LogP contribution is -2.68. The second-order valence-electron chi connectivity index (χ2n) is 8.73. The van der Waals surface area contributed by atoms with E-state index in [1.807, 2.05) is 6.07 Å². The molecular weight excluding hydrogens is 302 g/mol. The summed E-state index contributed by atoms with van der Waals surface area (Å²) >= 11 is 0.